The molecule has 4 aromatic rings. The molecule has 0 fully saturated rings. The van der Waals surface area contributed by atoms with Crippen LogP contribution < -0.4 is 0 Å². The minimum absolute atomic E-state index is 0.705. The summed E-state index contributed by atoms with van der Waals surface area (Å²) >= 11 is 7.64. The van der Waals surface area contributed by atoms with E-state index in [0.29, 0.717) is 5.02 Å². The number of hydrogen-bond donors (Lipinski definition) is 1. The molecule has 0 aliphatic rings. The molecule has 0 unspecified atom stereocenters. The molecule has 0 saturated carbocycles. The van der Waals surface area contributed by atoms with Crippen molar-refractivity contribution in [3.63, 3.8) is 0 Å². The monoisotopic (exact) mass is 328 g/mol. The SMILES string of the molecule is Cc1ccc2nc(SCc3cn4cc(Cl)ccc4n3)[nH]c2c1. The van der Waals surface area contributed by atoms with Gasteiger partial charge in [-0.25, -0.2) is 9.97 Å². The van der Waals surface area contributed by atoms with Crippen LogP contribution in [0.5, 0.6) is 0 Å². The van der Waals surface area contributed by atoms with E-state index in [9.17, 15) is 0 Å². The molecule has 0 spiro atoms. The van der Waals surface area contributed by atoms with Gasteiger partial charge in [0.15, 0.2) is 5.16 Å². The maximum absolute atomic E-state index is 5.99. The summed E-state index contributed by atoms with van der Waals surface area (Å²) in [7, 11) is 0. The largest absolute Gasteiger partial charge is 0.333 e. The fraction of sp³-hybridized carbons (Fsp3) is 0.125. The van der Waals surface area contributed by atoms with E-state index in [1.807, 2.05) is 35.0 Å². The molecule has 1 N–H and O–H groups in total. The van der Waals surface area contributed by atoms with Crippen LogP contribution in [0.2, 0.25) is 5.02 Å². The molecule has 0 bridgehead atoms. The van der Waals surface area contributed by atoms with Gasteiger partial charge in [0.05, 0.1) is 21.7 Å². The number of fused-ring (bicyclic) bond motifs is 2. The summed E-state index contributed by atoms with van der Waals surface area (Å²) in [5.74, 6) is 0.762. The number of aryl methyl sites for hydroxylation is 1. The zero-order valence-electron chi connectivity index (χ0n) is 11.9. The number of benzene rings is 1. The Morgan fingerprint density at radius 3 is 3.00 bits per heavy atom. The van der Waals surface area contributed by atoms with Gasteiger partial charge in [0.1, 0.15) is 5.65 Å². The van der Waals surface area contributed by atoms with Gasteiger partial charge in [0.2, 0.25) is 0 Å². The Morgan fingerprint density at radius 2 is 2.09 bits per heavy atom. The number of rotatable bonds is 3. The summed E-state index contributed by atoms with van der Waals surface area (Å²) in [5.41, 5.74) is 5.20. The van der Waals surface area contributed by atoms with Gasteiger partial charge in [-0.2, -0.15) is 0 Å². The Bertz CT molecular complexity index is 893. The van der Waals surface area contributed by atoms with E-state index in [4.69, 9.17) is 11.6 Å². The van der Waals surface area contributed by atoms with Crippen molar-refractivity contribution in [3.8, 4) is 0 Å². The first-order valence-electron chi connectivity index (χ1n) is 6.90. The van der Waals surface area contributed by atoms with Gasteiger partial charge in [-0.05, 0) is 36.8 Å². The molecule has 110 valence electrons. The van der Waals surface area contributed by atoms with Crippen LogP contribution in [0, 0.1) is 6.92 Å². The Morgan fingerprint density at radius 1 is 1.18 bits per heavy atom. The zero-order valence-corrected chi connectivity index (χ0v) is 13.4. The van der Waals surface area contributed by atoms with Gasteiger partial charge in [-0.15, -0.1) is 0 Å². The van der Waals surface area contributed by atoms with Crippen molar-refractivity contribution >= 4 is 40.0 Å². The molecule has 3 heterocycles. The molecule has 0 saturated heterocycles. The maximum Gasteiger partial charge on any atom is 0.166 e. The zero-order chi connectivity index (χ0) is 15.1. The van der Waals surface area contributed by atoms with E-state index in [0.717, 1.165) is 33.3 Å². The summed E-state index contributed by atoms with van der Waals surface area (Å²) < 4.78 is 1.94. The molecule has 0 atom stereocenters. The highest BCUT2D eigenvalue weighted by atomic mass is 35.5. The van der Waals surface area contributed by atoms with Crippen LogP contribution in [0.1, 0.15) is 11.3 Å². The third-order valence-corrected chi connectivity index (χ3v) is 4.57. The number of aromatic nitrogens is 4. The molecule has 0 amide bonds. The third kappa shape index (κ3) is 2.58. The summed E-state index contributed by atoms with van der Waals surface area (Å²) in [6.07, 6.45) is 3.86. The third-order valence-electron chi connectivity index (χ3n) is 3.44. The maximum atomic E-state index is 5.99. The summed E-state index contributed by atoms with van der Waals surface area (Å²) in [4.78, 5) is 12.5. The Hall–Kier alpha value is -1.98. The van der Waals surface area contributed by atoms with Crippen LogP contribution in [-0.4, -0.2) is 19.4 Å². The first-order chi connectivity index (χ1) is 10.7. The number of pyridine rings is 1. The smallest absolute Gasteiger partial charge is 0.166 e. The summed E-state index contributed by atoms with van der Waals surface area (Å²) in [6.45, 7) is 2.08. The number of halogens is 1. The lowest BCUT2D eigenvalue weighted by molar-refractivity contribution is 1.07. The predicted octanol–water partition coefficient (Wildman–Crippen LogP) is 4.46. The van der Waals surface area contributed by atoms with Crippen LogP contribution in [0.4, 0.5) is 0 Å². The molecule has 22 heavy (non-hydrogen) atoms. The van der Waals surface area contributed by atoms with E-state index in [-0.39, 0.29) is 0 Å². The fourth-order valence-corrected chi connectivity index (χ4v) is 3.33. The molecule has 6 heteroatoms. The van der Waals surface area contributed by atoms with Crippen molar-refractivity contribution in [1.82, 2.24) is 19.4 Å². The van der Waals surface area contributed by atoms with Crippen LogP contribution in [0.25, 0.3) is 16.7 Å². The number of hydrogen-bond acceptors (Lipinski definition) is 3. The highest BCUT2D eigenvalue weighted by Crippen LogP contribution is 2.23. The second-order valence-electron chi connectivity index (χ2n) is 5.20. The van der Waals surface area contributed by atoms with Crippen molar-refractivity contribution in [2.45, 2.75) is 17.8 Å². The van der Waals surface area contributed by atoms with Crippen molar-refractivity contribution in [2.24, 2.45) is 0 Å². The second-order valence-corrected chi connectivity index (χ2v) is 6.60. The van der Waals surface area contributed by atoms with Crippen LogP contribution >= 0.6 is 23.4 Å². The first kappa shape index (κ1) is 13.7. The van der Waals surface area contributed by atoms with E-state index in [1.165, 1.54) is 5.56 Å². The number of imidazole rings is 2. The molecule has 0 radical (unpaired) electrons. The highest BCUT2D eigenvalue weighted by Gasteiger charge is 2.07. The van der Waals surface area contributed by atoms with Gasteiger partial charge in [-0.3, -0.25) is 0 Å². The number of H-pyrrole nitrogens is 1. The quantitative estimate of drug-likeness (QED) is 0.564. The van der Waals surface area contributed by atoms with Gasteiger partial charge < -0.3 is 9.38 Å². The second kappa shape index (κ2) is 5.34. The van der Waals surface area contributed by atoms with Crippen molar-refractivity contribution < 1.29 is 0 Å². The van der Waals surface area contributed by atoms with Crippen LogP contribution in [0.15, 0.2) is 47.9 Å². The minimum Gasteiger partial charge on any atom is -0.333 e. The van der Waals surface area contributed by atoms with Crippen molar-refractivity contribution in [2.75, 3.05) is 0 Å². The van der Waals surface area contributed by atoms with Gasteiger partial charge >= 0.3 is 0 Å². The van der Waals surface area contributed by atoms with E-state index < -0.39 is 0 Å². The molecule has 4 nitrogen and oxygen atoms in total. The van der Waals surface area contributed by atoms with Crippen LogP contribution in [-0.2, 0) is 5.75 Å². The molecule has 4 rings (SSSR count). The number of nitrogens with zero attached hydrogens (tertiary/aromatic N) is 3. The molecule has 3 aromatic heterocycles. The van der Waals surface area contributed by atoms with E-state index >= 15 is 0 Å². The molecular weight excluding hydrogens is 316 g/mol. The Kier molecular flexibility index (Phi) is 3.32. The molecule has 0 aliphatic carbocycles. The van der Waals surface area contributed by atoms with Crippen molar-refractivity contribution in [1.29, 1.82) is 0 Å². The van der Waals surface area contributed by atoms with Gasteiger partial charge in [0.25, 0.3) is 0 Å². The summed E-state index contributed by atoms with van der Waals surface area (Å²) in [5, 5.41) is 1.62. The normalized spacial score (nSPS) is 11.5. The standard InChI is InChI=1S/C16H13ClN4S/c1-10-2-4-13-14(6-10)20-16(19-13)22-9-12-8-21-7-11(17)3-5-15(21)18-12/h2-8H,9H2,1H3,(H,19,20). The number of aromatic amines is 1. The van der Waals surface area contributed by atoms with E-state index in [1.54, 1.807) is 11.8 Å². The molecule has 1 aromatic carbocycles. The van der Waals surface area contributed by atoms with Crippen molar-refractivity contribution in [3.05, 3.63) is 59.0 Å². The van der Waals surface area contributed by atoms with Crippen LogP contribution in [0.3, 0.4) is 0 Å². The summed E-state index contributed by atoms with van der Waals surface area (Å²) in [6, 6.07) is 9.99. The number of thioether (sulfide) groups is 1. The lowest BCUT2D eigenvalue weighted by atomic mass is 10.2. The van der Waals surface area contributed by atoms with Gasteiger partial charge in [-0.1, -0.05) is 29.4 Å². The lowest BCUT2D eigenvalue weighted by Crippen LogP contribution is -1.81. The van der Waals surface area contributed by atoms with E-state index in [2.05, 4.69) is 34.0 Å². The molecule has 0 aliphatic heterocycles. The first-order valence-corrected chi connectivity index (χ1v) is 8.26. The molecular formula is C16H13ClN4S. The average molecular weight is 329 g/mol. The fourth-order valence-electron chi connectivity index (χ4n) is 2.40. The average Bonchev–Trinajstić information content (AvgIpc) is 3.07. The predicted molar refractivity (Wildman–Crippen MR) is 90.6 cm³/mol. The highest BCUT2D eigenvalue weighted by molar-refractivity contribution is 7.98. The number of nitrogens with one attached hydrogen (secondary N) is 1. The Balaban J connectivity index is 1.56. The Labute approximate surface area is 136 Å². The van der Waals surface area contributed by atoms with Gasteiger partial charge in [0, 0.05) is 18.1 Å². The topological polar surface area (TPSA) is 46.0 Å². The minimum atomic E-state index is 0.705. The lowest BCUT2D eigenvalue weighted by Gasteiger charge is -1.92.